The average Bonchev–Trinajstić information content (AvgIpc) is 2.67. The highest BCUT2D eigenvalue weighted by molar-refractivity contribution is 8.00. The lowest BCUT2D eigenvalue weighted by Crippen LogP contribution is -1.67. The van der Waals surface area contributed by atoms with E-state index in [2.05, 4.69) is 17.1 Å². The number of thiazole rings is 1. The van der Waals surface area contributed by atoms with E-state index in [9.17, 15) is 0 Å². The van der Waals surface area contributed by atoms with Gasteiger partial charge in [0.1, 0.15) is 4.34 Å². The van der Waals surface area contributed by atoms with Crippen LogP contribution in [-0.2, 0) is 0 Å². The van der Waals surface area contributed by atoms with Crippen LogP contribution in [0.1, 0.15) is 0 Å². The first-order valence-electron chi connectivity index (χ1n) is 3.95. The Hall–Kier alpha value is -0.800. The normalized spacial score (nSPS) is 10.2. The number of aromatic nitrogens is 1. The van der Waals surface area contributed by atoms with E-state index in [1.165, 1.54) is 10.4 Å². The first-order valence-corrected chi connectivity index (χ1v) is 5.99. The number of hydrogen-bond acceptors (Lipinski definition) is 3. The molecule has 0 bridgehead atoms. The Morgan fingerprint density at radius 3 is 2.62 bits per heavy atom. The lowest BCUT2D eigenvalue weighted by atomic mass is 10.2. The van der Waals surface area contributed by atoms with Crippen molar-refractivity contribution in [2.75, 3.05) is 6.26 Å². The number of benzene rings is 1. The van der Waals surface area contributed by atoms with Crippen molar-refractivity contribution < 1.29 is 0 Å². The van der Waals surface area contributed by atoms with Crippen LogP contribution in [0.2, 0.25) is 0 Å². The minimum Gasteiger partial charge on any atom is -0.237 e. The van der Waals surface area contributed by atoms with E-state index in [-0.39, 0.29) is 0 Å². The van der Waals surface area contributed by atoms with Gasteiger partial charge in [0.25, 0.3) is 0 Å². The summed E-state index contributed by atoms with van der Waals surface area (Å²) in [4.78, 5) is 5.53. The Bertz CT molecular complexity index is 381. The molecule has 0 saturated carbocycles. The van der Waals surface area contributed by atoms with Gasteiger partial charge in [-0.15, -0.1) is 11.3 Å². The van der Waals surface area contributed by atoms with Gasteiger partial charge >= 0.3 is 0 Å². The van der Waals surface area contributed by atoms with Gasteiger partial charge in [0.05, 0.1) is 4.88 Å². The molecular formula is C10H9NS2. The van der Waals surface area contributed by atoms with Crippen molar-refractivity contribution in [2.45, 2.75) is 4.34 Å². The molecule has 0 fully saturated rings. The fourth-order valence-electron chi connectivity index (χ4n) is 1.09. The van der Waals surface area contributed by atoms with Crippen LogP contribution in [-0.4, -0.2) is 11.2 Å². The molecule has 0 atom stereocenters. The predicted molar refractivity (Wildman–Crippen MR) is 59.3 cm³/mol. The Balaban J connectivity index is 2.36. The monoisotopic (exact) mass is 207 g/mol. The summed E-state index contributed by atoms with van der Waals surface area (Å²) in [6, 6.07) is 10.3. The summed E-state index contributed by atoms with van der Waals surface area (Å²) < 4.78 is 1.12. The van der Waals surface area contributed by atoms with E-state index in [1.54, 1.807) is 23.1 Å². The lowest BCUT2D eigenvalue weighted by Gasteiger charge is -1.92. The van der Waals surface area contributed by atoms with Gasteiger partial charge in [-0.25, -0.2) is 4.98 Å². The Kier molecular flexibility index (Phi) is 2.66. The fraction of sp³-hybridized carbons (Fsp3) is 0.100. The minimum absolute atomic E-state index is 1.12. The molecule has 1 nitrogen and oxygen atoms in total. The third-order valence-electron chi connectivity index (χ3n) is 1.72. The van der Waals surface area contributed by atoms with Crippen LogP contribution < -0.4 is 0 Å². The van der Waals surface area contributed by atoms with E-state index in [0.717, 1.165) is 4.34 Å². The molecule has 2 aromatic rings. The highest BCUT2D eigenvalue weighted by atomic mass is 32.2. The summed E-state index contributed by atoms with van der Waals surface area (Å²) in [7, 11) is 0. The molecule has 0 aliphatic heterocycles. The van der Waals surface area contributed by atoms with E-state index in [0.29, 0.717) is 0 Å². The molecule has 2 rings (SSSR count). The molecule has 0 N–H and O–H groups in total. The molecule has 0 unspecified atom stereocenters. The molecule has 1 aromatic carbocycles. The summed E-state index contributed by atoms with van der Waals surface area (Å²) in [5.74, 6) is 0. The Morgan fingerprint density at radius 2 is 2.00 bits per heavy atom. The zero-order valence-corrected chi connectivity index (χ0v) is 8.86. The van der Waals surface area contributed by atoms with Gasteiger partial charge in [-0.2, -0.15) is 0 Å². The summed E-state index contributed by atoms with van der Waals surface area (Å²) >= 11 is 3.43. The first kappa shape index (κ1) is 8.78. The maximum absolute atomic E-state index is 4.29. The third kappa shape index (κ3) is 1.92. The Morgan fingerprint density at radius 1 is 1.23 bits per heavy atom. The summed E-state index contributed by atoms with van der Waals surface area (Å²) in [6.07, 6.45) is 3.99. The van der Waals surface area contributed by atoms with Gasteiger partial charge in [-0.05, 0) is 11.8 Å². The minimum atomic E-state index is 1.12. The van der Waals surface area contributed by atoms with Gasteiger partial charge in [0, 0.05) is 6.20 Å². The lowest BCUT2D eigenvalue weighted by molar-refractivity contribution is 1.26. The first-order chi connectivity index (χ1) is 6.40. The molecule has 66 valence electrons. The maximum atomic E-state index is 4.29. The second kappa shape index (κ2) is 3.94. The van der Waals surface area contributed by atoms with Crippen LogP contribution >= 0.6 is 23.1 Å². The summed E-state index contributed by atoms with van der Waals surface area (Å²) in [6.45, 7) is 0. The zero-order chi connectivity index (χ0) is 9.10. The molecule has 0 amide bonds. The predicted octanol–water partition coefficient (Wildman–Crippen LogP) is 3.53. The smallest absolute Gasteiger partial charge is 0.150 e. The van der Waals surface area contributed by atoms with Crippen LogP contribution in [0.5, 0.6) is 0 Å². The van der Waals surface area contributed by atoms with E-state index in [1.807, 2.05) is 30.7 Å². The van der Waals surface area contributed by atoms with Crippen molar-refractivity contribution in [3.63, 3.8) is 0 Å². The zero-order valence-electron chi connectivity index (χ0n) is 7.23. The highest BCUT2D eigenvalue weighted by Crippen LogP contribution is 2.29. The topological polar surface area (TPSA) is 12.9 Å². The van der Waals surface area contributed by atoms with Gasteiger partial charge in [0.15, 0.2) is 0 Å². The second-order valence-corrected chi connectivity index (χ2v) is 4.64. The Labute approximate surface area is 85.8 Å². The maximum Gasteiger partial charge on any atom is 0.150 e. The van der Waals surface area contributed by atoms with Crippen LogP contribution in [0.3, 0.4) is 0 Å². The SMILES string of the molecule is CSc1ncc(-c2ccccc2)s1. The number of hydrogen-bond donors (Lipinski definition) is 0. The van der Waals surface area contributed by atoms with E-state index in [4.69, 9.17) is 0 Å². The standard InChI is InChI=1S/C10H9NS2/c1-12-10-11-7-9(13-10)8-5-3-2-4-6-8/h2-7H,1H3. The van der Waals surface area contributed by atoms with Crippen LogP contribution in [0.4, 0.5) is 0 Å². The highest BCUT2D eigenvalue weighted by Gasteiger charge is 2.01. The molecule has 0 aliphatic carbocycles. The largest absolute Gasteiger partial charge is 0.237 e. The van der Waals surface area contributed by atoms with Crippen molar-refractivity contribution in [3.8, 4) is 10.4 Å². The molecule has 1 aromatic heterocycles. The molecule has 13 heavy (non-hydrogen) atoms. The fourth-order valence-corrected chi connectivity index (χ4v) is 2.50. The third-order valence-corrected chi connectivity index (χ3v) is 3.76. The number of thioether (sulfide) groups is 1. The van der Waals surface area contributed by atoms with Crippen molar-refractivity contribution in [3.05, 3.63) is 36.5 Å². The number of rotatable bonds is 2. The van der Waals surface area contributed by atoms with Gasteiger partial charge in [-0.1, -0.05) is 42.1 Å². The molecule has 0 saturated heterocycles. The second-order valence-electron chi connectivity index (χ2n) is 2.56. The number of nitrogens with zero attached hydrogens (tertiary/aromatic N) is 1. The van der Waals surface area contributed by atoms with Gasteiger partial charge in [0.2, 0.25) is 0 Å². The van der Waals surface area contributed by atoms with Crippen molar-refractivity contribution >= 4 is 23.1 Å². The molecule has 0 aliphatic rings. The van der Waals surface area contributed by atoms with Crippen molar-refractivity contribution in [1.82, 2.24) is 4.98 Å². The van der Waals surface area contributed by atoms with E-state index >= 15 is 0 Å². The van der Waals surface area contributed by atoms with E-state index < -0.39 is 0 Å². The van der Waals surface area contributed by atoms with Gasteiger partial charge < -0.3 is 0 Å². The molecule has 3 heteroatoms. The van der Waals surface area contributed by atoms with Crippen LogP contribution in [0, 0.1) is 0 Å². The summed E-state index contributed by atoms with van der Waals surface area (Å²) in [5.41, 5.74) is 1.25. The van der Waals surface area contributed by atoms with Gasteiger partial charge in [-0.3, -0.25) is 0 Å². The summed E-state index contributed by atoms with van der Waals surface area (Å²) in [5, 5.41) is 0. The van der Waals surface area contributed by atoms with Crippen LogP contribution in [0.15, 0.2) is 40.9 Å². The molecule has 1 heterocycles. The van der Waals surface area contributed by atoms with Crippen LogP contribution in [0.25, 0.3) is 10.4 Å². The van der Waals surface area contributed by atoms with Crippen molar-refractivity contribution in [2.24, 2.45) is 0 Å². The molecular weight excluding hydrogens is 198 g/mol. The molecule has 0 radical (unpaired) electrons. The average molecular weight is 207 g/mol. The molecule has 0 spiro atoms. The van der Waals surface area contributed by atoms with Crippen molar-refractivity contribution in [1.29, 1.82) is 0 Å². The quantitative estimate of drug-likeness (QED) is 0.699.